The molecule has 1 fully saturated rings. The Morgan fingerprint density at radius 2 is 1.79 bits per heavy atom. The van der Waals surface area contributed by atoms with Crippen molar-refractivity contribution in [2.75, 3.05) is 36.5 Å². The third kappa shape index (κ3) is 5.08. The SMILES string of the molecule is O=C(Nc1ccc(OCc2ccccc2)cc1)c1ccnc(N2CCOCC2)n1. The predicted octanol–water partition coefficient (Wildman–Crippen LogP) is 3.14. The van der Waals surface area contributed by atoms with Crippen molar-refractivity contribution >= 4 is 17.5 Å². The Morgan fingerprint density at radius 1 is 1.03 bits per heavy atom. The van der Waals surface area contributed by atoms with E-state index in [9.17, 15) is 4.79 Å². The first-order chi connectivity index (χ1) is 14.3. The standard InChI is InChI=1S/C22H22N4O3/c27-21(20-10-11-23-22(25-20)26-12-14-28-15-13-26)24-18-6-8-19(9-7-18)29-16-17-4-2-1-3-5-17/h1-11H,12-16H2,(H,24,27). The molecule has 1 aromatic heterocycles. The quantitative estimate of drug-likeness (QED) is 0.697. The summed E-state index contributed by atoms with van der Waals surface area (Å²) in [6.07, 6.45) is 1.60. The lowest BCUT2D eigenvalue weighted by atomic mass is 10.2. The summed E-state index contributed by atoms with van der Waals surface area (Å²) in [7, 11) is 0. The first-order valence-corrected chi connectivity index (χ1v) is 9.52. The second kappa shape index (κ2) is 9.16. The van der Waals surface area contributed by atoms with Gasteiger partial charge in [0, 0.05) is 25.0 Å². The first kappa shape index (κ1) is 18.9. The van der Waals surface area contributed by atoms with Crippen LogP contribution in [0.3, 0.4) is 0 Å². The fourth-order valence-electron chi connectivity index (χ4n) is 2.96. The molecule has 0 unspecified atom stereocenters. The minimum Gasteiger partial charge on any atom is -0.489 e. The smallest absolute Gasteiger partial charge is 0.274 e. The van der Waals surface area contributed by atoms with Crippen LogP contribution in [0.4, 0.5) is 11.6 Å². The number of hydrogen-bond acceptors (Lipinski definition) is 6. The van der Waals surface area contributed by atoms with E-state index >= 15 is 0 Å². The molecule has 4 rings (SSSR count). The van der Waals surface area contributed by atoms with E-state index in [1.54, 1.807) is 12.3 Å². The zero-order chi connectivity index (χ0) is 19.9. The van der Waals surface area contributed by atoms with Crippen molar-refractivity contribution in [3.05, 3.63) is 78.1 Å². The molecule has 3 aromatic rings. The molecule has 1 aliphatic rings. The van der Waals surface area contributed by atoms with Crippen molar-refractivity contribution in [1.82, 2.24) is 9.97 Å². The Morgan fingerprint density at radius 3 is 2.55 bits per heavy atom. The van der Waals surface area contributed by atoms with Gasteiger partial charge < -0.3 is 19.7 Å². The van der Waals surface area contributed by atoms with Crippen LogP contribution in [-0.4, -0.2) is 42.2 Å². The number of morpholine rings is 1. The molecular weight excluding hydrogens is 368 g/mol. The Kier molecular flexibility index (Phi) is 5.97. The summed E-state index contributed by atoms with van der Waals surface area (Å²) in [5.74, 6) is 1.01. The maximum absolute atomic E-state index is 12.6. The van der Waals surface area contributed by atoms with Gasteiger partial charge in [-0.2, -0.15) is 0 Å². The summed E-state index contributed by atoms with van der Waals surface area (Å²) in [6.45, 7) is 3.21. The number of rotatable bonds is 6. The van der Waals surface area contributed by atoms with E-state index < -0.39 is 0 Å². The molecule has 7 nitrogen and oxygen atoms in total. The van der Waals surface area contributed by atoms with Gasteiger partial charge >= 0.3 is 0 Å². The number of anilines is 2. The lowest BCUT2D eigenvalue weighted by molar-refractivity contribution is 0.102. The van der Waals surface area contributed by atoms with Crippen molar-refractivity contribution in [1.29, 1.82) is 0 Å². The number of carbonyl (C=O) groups is 1. The number of ether oxygens (including phenoxy) is 2. The van der Waals surface area contributed by atoms with E-state index in [1.165, 1.54) is 0 Å². The normalized spacial score (nSPS) is 13.7. The van der Waals surface area contributed by atoms with Crippen molar-refractivity contribution < 1.29 is 14.3 Å². The van der Waals surface area contributed by atoms with Crippen LogP contribution in [-0.2, 0) is 11.3 Å². The molecule has 2 heterocycles. The van der Waals surface area contributed by atoms with Crippen LogP contribution in [0.15, 0.2) is 66.9 Å². The van der Waals surface area contributed by atoms with E-state index in [2.05, 4.69) is 15.3 Å². The van der Waals surface area contributed by atoms with E-state index in [-0.39, 0.29) is 5.91 Å². The highest BCUT2D eigenvalue weighted by Gasteiger charge is 2.16. The molecule has 0 atom stereocenters. The molecule has 0 spiro atoms. The molecule has 1 amide bonds. The van der Waals surface area contributed by atoms with E-state index in [4.69, 9.17) is 9.47 Å². The fraction of sp³-hybridized carbons (Fsp3) is 0.227. The average Bonchev–Trinajstić information content (AvgIpc) is 2.80. The summed E-state index contributed by atoms with van der Waals surface area (Å²) in [6, 6.07) is 18.9. The first-order valence-electron chi connectivity index (χ1n) is 9.52. The van der Waals surface area contributed by atoms with E-state index in [1.807, 2.05) is 59.5 Å². The maximum atomic E-state index is 12.6. The molecule has 0 bridgehead atoms. The average molecular weight is 390 g/mol. The van der Waals surface area contributed by atoms with Crippen LogP contribution >= 0.6 is 0 Å². The number of nitrogens with one attached hydrogen (secondary N) is 1. The van der Waals surface area contributed by atoms with Gasteiger partial charge in [-0.1, -0.05) is 30.3 Å². The van der Waals surface area contributed by atoms with Crippen molar-refractivity contribution in [3.8, 4) is 5.75 Å². The molecule has 7 heteroatoms. The summed E-state index contributed by atoms with van der Waals surface area (Å²) < 4.78 is 11.1. The van der Waals surface area contributed by atoms with Gasteiger partial charge in [0.1, 0.15) is 18.1 Å². The van der Waals surface area contributed by atoms with E-state index in [0.717, 1.165) is 24.4 Å². The highest BCUT2D eigenvalue weighted by atomic mass is 16.5. The Labute approximate surface area is 169 Å². The van der Waals surface area contributed by atoms with Crippen molar-refractivity contribution in [3.63, 3.8) is 0 Å². The lowest BCUT2D eigenvalue weighted by Crippen LogP contribution is -2.37. The minimum absolute atomic E-state index is 0.278. The maximum Gasteiger partial charge on any atom is 0.274 e. The van der Waals surface area contributed by atoms with Gasteiger partial charge in [0.2, 0.25) is 5.95 Å². The Balaban J connectivity index is 1.35. The zero-order valence-electron chi connectivity index (χ0n) is 16.0. The third-order valence-electron chi connectivity index (χ3n) is 4.53. The second-order valence-electron chi connectivity index (χ2n) is 6.59. The molecule has 2 aromatic carbocycles. The number of amides is 1. The summed E-state index contributed by atoms with van der Waals surface area (Å²) in [4.78, 5) is 23.2. The molecule has 0 radical (unpaired) electrons. The van der Waals surface area contributed by atoms with Gasteiger partial charge in [-0.05, 0) is 35.9 Å². The minimum atomic E-state index is -0.278. The number of carbonyl (C=O) groups excluding carboxylic acids is 1. The lowest BCUT2D eigenvalue weighted by Gasteiger charge is -2.26. The third-order valence-corrected chi connectivity index (χ3v) is 4.53. The van der Waals surface area contributed by atoms with Gasteiger partial charge in [0.25, 0.3) is 5.91 Å². The van der Waals surface area contributed by atoms with Crippen LogP contribution in [0.2, 0.25) is 0 Å². The predicted molar refractivity (Wildman–Crippen MR) is 110 cm³/mol. The van der Waals surface area contributed by atoms with Crippen LogP contribution < -0.4 is 15.0 Å². The number of hydrogen-bond donors (Lipinski definition) is 1. The van der Waals surface area contributed by atoms with Crippen LogP contribution in [0.25, 0.3) is 0 Å². The molecule has 148 valence electrons. The second-order valence-corrected chi connectivity index (χ2v) is 6.59. The molecule has 1 aliphatic heterocycles. The zero-order valence-corrected chi connectivity index (χ0v) is 16.0. The van der Waals surface area contributed by atoms with Gasteiger partial charge in [0.05, 0.1) is 13.2 Å². The van der Waals surface area contributed by atoms with Crippen LogP contribution in [0, 0.1) is 0 Å². The molecule has 1 N–H and O–H groups in total. The highest BCUT2D eigenvalue weighted by molar-refractivity contribution is 6.03. The number of benzene rings is 2. The van der Waals surface area contributed by atoms with Crippen LogP contribution in [0.1, 0.15) is 16.1 Å². The van der Waals surface area contributed by atoms with E-state index in [0.29, 0.717) is 37.2 Å². The molecule has 0 aliphatic carbocycles. The highest BCUT2D eigenvalue weighted by Crippen LogP contribution is 2.18. The summed E-state index contributed by atoms with van der Waals surface area (Å²) >= 11 is 0. The van der Waals surface area contributed by atoms with Crippen LogP contribution in [0.5, 0.6) is 5.75 Å². The van der Waals surface area contributed by atoms with Gasteiger partial charge in [0.15, 0.2) is 0 Å². The monoisotopic (exact) mass is 390 g/mol. The topological polar surface area (TPSA) is 76.6 Å². The molecule has 1 saturated heterocycles. The Hall–Kier alpha value is -3.45. The number of nitrogens with zero attached hydrogens (tertiary/aromatic N) is 3. The van der Waals surface area contributed by atoms with Gasteiger partial charge in [-0.25, -0.2) is 9.97 Å². The number of aromatic nitrogens is 2. The fourth-order valence-corrected chi connectivity index (χ4v) is 2.96. The molecule has 0 saturated carbocycles. The molecular formula is C22H22N4O3. The van der Waals surface area contributed by atoms with Crippen molar-refractivity contribution in [2.24, 2.45) is 0 Å². The Bertz CT molecular complexity index is 942. The van der Waals surface area contributed by atoms with Gasteiger partial charge in [-0.3, -0.25) is 4.79 Å². The van der Waals surface area contributed by atoms with Gasteiger partial charge in [-0.15, -0.1) is 0 Å². The van der Waals surface area contributed by atoms with Crippen molar-refractivity contribution in [2.45, 2.75) is 6.61 Å². The summed E-state index contributed by atoms with van der Waals surface area (Å²) in [5.41, 5.74) is 2.10. The summed E-state index contributed by atoms with van der Waals surface area (Å²) in [5, 5.41) is 2.86. The molecule has 29 heavy (non-hydrogen) atoms. The largest absolute Gasteiger partial charge is 0.489 e.